The molecule has 0 spiro atoms. The molecule has 0 aliphatic carbocycles. The summed E-state index contributed by atoms with van der Waals surface area (Å²) in [6, 6.07) is 0.0141. The molecule has 128 valence electrons. The van der Waals surface area contributed by atoms with Gasteiger partial charge in [-0.25, -0.2) is 0 Å². The third-order valence-corrected chi connectivity index (χ3v) is 3.75. The highest BCUT2D eigenvalue weighted by Crippen LogP contribution is 2.12. The lowest BCUT2D eigenvalue weighted by Crippen LogP contribution is -2.50. The number of amides is 1. The van der Waals surface area contributed by atoms with Crippen molar-refractivity contribution in [3.8, 4) is 0 Å². The summed E-state index contributed by atoms with van der Waals surface area (Å²) in [5.41, 5.74) is 0.827. The van der Waals surface area contributed by atoms with E-state index in [1.807, 2.05) is 14.1 Å². The van der Waals surface area contributed by atoms with Crippen molar-refractivity contribution in [2.75, 3.05) is 40.5 Å². The van der Waals surface area contributed by atoms with Gasteiger partial charge in [0.2, 0.25) is 5.91 Å². The molecule has 7 heteroatoms. The Labute approximate surface area is 137 Å². The number of nitrogens with one attached hydrogen (secondary N) is 1. The van der Waals surface area contributed by atoms with E-state index in [-0.39, 0.29) is 18.1 Å². The van der Waals surface area contributed by atoms with E-state index in [1.165, 1.54) is 0 Å². The molecule has 2 heterocycles. The molecule has 1 amide bonds. The van der Waals surface area contributed by atoms with Gasteiger partial charge in [0.25, 0.3) is 0 Å². The van der Waals surface area contributed by atoms with Gasteiger partial charge in [-0.3, -0.25) is 14.8 Å². The third-order valence-electron chi connectivity index (χ3n) is 3.75. The molecule has 7 nitrogen and oxygen atoms in total. The highest BCUT2D eigenvalue weighted by Gasteiger charge is 2.27. The number of aryl methyl sites for hydroxylation is 1. The van der Waals surface area contributed by atoms with Crippen molar-refractivity contribution in [1.82, 2.24) is 20.2 Å². The van der Waals surface area contributed by atoms with Gasteiger partial charge in [0.15, 0.2) is 0 Å². The van der Waals surface area contributed by atoms with Crippen LogP contribution in [-0.4, -0.2) is 73.4 Å². The standard InChI is InChI=1S/C16H26N4O3/c1-20(2)8-10-23-15-12-22-9-5-14(15)19-16(21)4-3-13-11-17-6-7-18-13/h6-7,11,14-15H,3-5,8-10,12H2,1-2H3,(H,19,21)/t14-,15-/m1/s1. The molecule has 2 rings (SSSR count). The van der Waals surface area contributed by atoms with Crippen molar-refractivity contribution in [2.45, 2.75) is 31.4 Å². The van der Waals surface area contributed by atoms with Crippen LogP contribution in [0.1, 0.15) is 18.5 Å². The molecular formula is C16H26N4O3. The second kappa shape index (κ2) is 9.54. The van der Waals surface area contributed by atoms with Crippen molar-refractivity contribution < 1.29 is 14.3 Å². The van der Waals surface area contributed by atoms with Crippen LogP contribution < -0.4 is 5.32 Å². The highest BCUT2D eigenvalue weighted by molar-refractivity contribution is 5.76. The Morgan fingerprint density at radius 3 is 3.09 bits per heavy atom. The Hall–Kier alpha value is -1.57. The molecule has 1 fully saturated rings. The molecule has 0 bridgehead atoms. The largest absolute Gasteiger partial charge is 0.379 e. The van der Waals surface area contributed by atoms with Crippen molar-refractivity contribution >= 4 is 5.91 Å². The fraction of sp³-hybridized carbons (Fsp3) is 0.688. The van der Waals surface area contributed by atoms with Crippen molar-refractivity contribution in [3.63, 3.8) is 0 Å². The summed E-state index contributed by atoms with van der Waals surface area (Å²) in [6.45, 7) is 2.67. The van der Waals surface area contributed by atoms with Gasteiger partial charge in [0, 0.05) is 38.2 Å². The normalized spacial score (nSPS) is 21.3. The minimum absolute atomic E-state index is 0.0141. The van der Waals surface area contributed by atoms with Gasteiger partial charge >= 0.3 is 0 Å². The summed E-state index contributed by atoms with van der Waals surface area (Å²) in [4.78, 5) is 22.4. The topological polar surface area (TPSA) is 76.6 Å². The molecule has 2 atom stereocenters. The molecule has 1 aliphatic rings. The van der Waals surface area contributed by atoms with E-state index in [4.69, 9.17) is 9.47 Å². The summed E-state index contributed by atoms with van der Waals surface area (Å²) in [6.07, 6.45) is 6.65. The lowest BCUT2D eigenvalue weighted by atomic mass is 10.1. The maximum absolute atomic E-state index is 12.1. The van der Waals surface area contributed by atoms with Gasteiger partial charge in [-0.1, -0.05) is 0 Å². The van der Waals surface area contributed by atoms with Gasteiger partial charge in [-0.05, 0) is 26.9 Å². The van der Waals surface area contributed by atoms with Crippen LogP contribution in [0.15, 0.2) is 18.6 Å². The maximum atomic E-state index is 12.1. The number of nitrogens with zero attached hydrogens (tertiary/aromatic N) is 3. The summed E-state index contributed by atoms with van der Waals surface area (Å²) in [7, 11) is 4.01. The first-order valence-corrected chi connectivity index (χ1v) is 8.03. The predicted molar refractivity (Wildman–Crippen MR) is 86.0 cm³/mol. The smallest absolute Gasteiger partial charge is 0.220 e. The van der Waals surface area contributed by atoms with Crippen LogP contribution in [0.25, 0.3) is 0 Å². The molecule has 0 aromatic carbocycles. The Morgan fingerprint density at radius 2 is 2.35 bits per heavy atom. The number of rotatable bonds is 8. The number of likely N-dealkylation sites (N-methyl/N-ethyl adjacent to an activating group) is 1. The van der Waals surface area contributed by atoms with Gasteiger partial charge in [-0.15, -0.1) is 0 Å². The fourth-order valence-corrected chi connectivity index (χ4v) is 2.41. The summed E-state index contributed by atoms with van der Waals surface area (Å²) >= 11 is 0. The summed E-state index contributed by atoms with van der Waals surface area (Å²) in [5, 5.41) is 3.07. The van der Waals surface area contributed by atoms with Gasteiger partial charge < -0.3 is 19.7 Å². The van der Waals surface area contributed by atoms with Crippen LogP contribution in [0.5, 0.6) is 0 Å². The molecule has 0 unspecified atom stereocenters. The number of hydrogen-bond acceptors (Lipinski definition) is 6. The van der Waals surface area contributed by atoms with E-state index < -0.39 is 0 Å². The van der Waals surface area contributed by atoms with E-state index in [0.717, 1.165) is 18.7 Å². The number of ether oxygens (including phenoxy) is 2. The van der Waals surface area contributed by atoms with Crippen molar-refractivity contribution in [2.24, 2.45) is 0 Å². The molecule has 0 radical (unpaired) electrons. The van der Waals surface area contributed by atoms with Crippen LogP contribution in [0.3, 0.4) is 0 Å². The monoisotopic (exact) mass is 322 g/mol. The molecule has 1 N–H and O–H groups in total. The molecule has 0 saturated carbocycles. The van der Waals surface area contributed by atoms with Crippen molar-refractivity contribution in [1.29, 1.82) is 0 Å². The Balaban J connectivity index is 1.75. The van der Waals surface area contributed by atoms with Crippen LogP contribution in [-0.2, 0) is 20.7 Å². The quantitative estimate of drug-likeness (QED) is 0.740. The van der Waals surface area contributed by atoms with Crippen LogP contribution in [0.4, 0.5) is 0 Å². The molecule has 1 saturated heterocycles. The minimum Gasteiger partial charge on any atom is -0.379 e. The predicted octanol–water partition coefficient (Wildman–Crippen LogP) is 0.261. The number of carbonyl (C=O) groups is 1. The zero-order valence-corrected chi connectivity index (χ0v) is 13.9. The molecule has 1 aromatic rings. The van der Waals surface area contributed by atoms with E-state index in [1.54, 1.807) is 18.6 Å². The Morgan fingerprint density at radius 1 is 1.48 bits per heavy atom. The lowest BCUT2D eigenvalue weighted by molar-refractivity contribution is -0.126. The van der Waals surface area contributed by atoms with Gasteiger partial charge in [0.1, 0.15) is 6.10 Å². The second-order valence-electron chi connectivity index (χ2n) is 5.95. The first kappa shape index (κ1) is 17.8. The molecular weight excluding hydrogens is 296 g/mol. The maximum Gasteiger partial charge on any atom is 0.220 e. The number of carbonyl (C=O) groups excluding carboxylic acids is 1. The third kappa shape index (κ3) is 6.60. The van der Waals surface area contributed by atoms with Crippen LogP contribution >= 0.6 is 0 Å². The molecule has 1 aromatic heterocycles. The summed E-state index contributed by atoms with van der Waals surface area (Å²) in [5.74, 6) is 0.0174. The van der Waals surface area contributed by atoms with Crippen LogP contribution in [0, 0.1) is 0 Å². The average Bonchev–Trinajstić information content (AvgIpc) is 2.55. The van der Waals surface area contributed by atoms with Crippen molar-refractivity contribution in [3.05, 3.63) is 24.3 Å². The number of aromatic nitrogens is 2. The van der Waals surface area contributed by atoms with E-state index in [2.05, 4.69) is 20.2 Å². The first-order chi connectivity index (χ1) is 11.1. The van der Waals surface area contributed by atoms with Crippen LogP contribution in [0.2, 0.25) is 0 Å². The van der Waals surface area contributed by atoms with Gasteiger partial charge in [0.05, 0.1) is 24.9 Å². The summed E-state index contributed by atoms with van der Waals surface area (Å²) < 4.78 is 11.3. The minimum atomic E-state index is -0.0795. The Bertz CT molecular complexity index is 470. The lowest BCUT2D eigenvalue weighted by Gasteiger charge is -2.32. The highest BCUT2D eigenvalue weighted by atomic mass is 16.5. The van der Waals surface area contributed by atoms with Gasteiger partial charge in [-0.2, -0.15) is 0 Å². The zero-order valence-electron chi connectivity index (χ0n) is 13.9. The zero-order chi connectivity index (χ0) is 16.5. The number of hydrogen-bond donors (Lipinski definition) is 1. The molecule has 1 aliphatic heterocycles. The molecule has 23 heavy (non-hydrogen) atoms. The fourth-order valence-electron chi connectivity index (χ4n) is 2.41. The van der Waals surface area contributed by atoms with E-state index >= 15 is 0 Å². The van der Waals surface area contributed by atoms with E-state index in [0.29, 0.717) is 32.7 Å². The Kier molecular flexibility index (Phi) is 7.38. The first-order valence-electron chi connectivity index (χ1n) is 8.03. The SMILES string of the molecule is CN(C)CCO[C@@H]1COCC[C@H]1NC(=O)CCc1cnccn1. The second-order valence-corrected chi connectivity index (χ2v) is 5.95. The average molecular weight is 322 g/mol. The van der Waals surface area contributed by atoms with E-state index in [9.17, 15) is 4.79 Å².